The van der Waals surface area contributed by atoms with E-state index in [0.717, 1.165) is 0 Å². The van der Waals surface area contributed by atoms with Crippen LogP contribution in [0.1, 0.15) is 13.8 Å². The Labute approximate surface area is 68.3 Å². The van der Waals surface area contributed by atoms with Gasteiger partial charge >= 0.3 is 0 Å². The van der Waals surface area contributed by atoms with Crippen molar-refractivity contribution in [1.29, 1.82) is 0 Å². The Morgan fingerprint density at radius 2 is 2.09 bits per heavy atom. The Hall–Kier alpha value is -0.120. The van der Waals surface area contributed by atoms with E-state index in [1.807, 2.05) is 20.3 Å². The Balaban J connectivity index is 2.89. The molecule has 0 amide bonds. The molecular formula is C8H17O3. The van der Waals surface area contributed by atoms with E-state index in [9.17, 15) is 0 Å². The Morgan fingerprint density at radius 1 is 1.36 bits per heavy atom. The lowest BCUT2D eigenvalue weighted by Gasteiger charge is -2.09. The van der Waals surface area contributed by atoms with Crippen molar-refractivity contribution in [3.63, 3.8) is 0 Å². The van der Waals surface area contributed by atoms with Gasteiger partial charge in [0.2, 0.25) is 0 Å². The van der Waals surface area contributed by atoms with Crippen molar-refractivity contribution in [1.82, 2.24) is 0 Å². The van der Waals surface area contributed by atoms with E-state index in [1.54, 1.807) is 0 Å². The van der Waals surface area contributed by atoms with Gasteiger partial charge in [-0.2, -0.15) is 0 Å². The smallest absolute Gasteiger partial charge is 0.0704 e. The van der Waals surface area contributed by atoms with Crippen LogP contribution in [-0.4, -0.2) is 37.6 Å². The molecule has 0 rings (SSSR count). The van der Waals surface area contributed by atoms with E-state index in [1.165, 1.54) is 0 Å². The fraction of sp³-hybridized carbons (Fsp3) is 0.875. The minimum Gasteiger partial charge on any atom is -0.394 e. The normalized spacial score (nSPS) is 13.4. The summed E-state index contributed by atoms with van der Waals surface area (Å²) in [7, 11) is 0. The third-order valence-corrected chi connectivity index (χ3v) is 1.31. The number of aliphatic hydroxyl groups is 1. The first kappa shape index (κ1) is 10.9. The first-order chi connectivity index (χ1) is 5.31. The van der Waals surface area contributed by atoms with E-state index in [4.69, 9.17) is 14.6 Å². The molecule has 0 aliphatic carbocycles. The van der Waals surface area contributed by atoms with Crippen LogP contribution in [0.5, 0.6) is 0 Å². The fourth-order valence-corrected chi connectivity index (χ4v) is 0.556. The molecule has 67 valence electrons. The molecule has 0 heterocycles. The van der Waals surface area contributed by atoms with Gasteiger partial charge in [0.05, 0.1) is 32.5 Å². The predicted octanol–water partition coefficient (Wildman–Crippen LogP) is 0.625. The van der Waals surface area contributed by atoms with Crippen LogP contribution in [0.3, 0.4) is 0 Å². The molecule has 0 fully saturated rings. The van der Waals surface area contributed by atoms with Crippen molar-refractivity contribution in [2.24, 2.45) is 0 Å². The lowest BCUT2D eigenvalue weighted by molar-refractivity contribution is 0.0144. The quantitative estimate of drug-likeness (QED) is 0.556. The number of ether oxygens (including phenoxy) is 2. The highest BCUT2D eigenvalue weighted by Gasteiger charge is 1.96. The van der Waals surface area contributed by atoms with Gasteiger partial charge in [-0.1, -0.05) is 6.92 Å². The SMILES string of the molecule is C[CH]C(C)OCCOCCO. The van der Waals surface area contributed by atoms with E-state index < -0.39 is 0 Å². The fourth-order valence-electron chi connectivity index (χ4n) is 0.556. The highest BCUT2D eigenvalue weighted by Crippen LogP contribution is 1.93. The highest BCUT2D eigenvalue weighted by molar-refractivity contribution is 4.64. The van der Waals surface area contributed by atoms with Gasteiger partial charge in [0, 0.05) is 0 Å². The topological polar surface area (TPSA) is 38.7 Å². The molecule has 1 unspecified atom stereocenters. The van der Waals surface area contributed by atoms with Gasteiger partial charge in [-0.05, 0) is 13.3 Å². The Morgan fingerprint density at radius 3 is 2.64 bits per heavy atom. The van der Waals surface area contributed by atoms with Gasteiger partial charge in [0.1, 0.15) is 0 Å². The molecule has 1 N–H and O–H groups in total. The largest absolute Gasteiger partial charge is 0.394 e. The summed E-state index contributed by atoms with van der Waals surface area (Å²) in [5, 5.41) is 8.35. The van der Waals surface area contributed by atoms with E-state index in [2.05, 4.69) is 0 Å². The van der Waals surface area contributed by atoms with Crippen LogP contribution in [0, 0.1) is 6.42 Å². The summed E-state index contributed by atoms with van der Waals surface area (Å²) < 4.78 is 10.3. The summed E-state index contributed by atoms with van der Waals surface area (Å²) in [6.45, 7) is 5.55. The molecule has 1 radical (unpaired) electrons. The first-order valence-electron chi connectivity index (χ1n) is 3.91. The van der Waals surface area contributed by atoms with Crippen LogP contribution in [0.25, 0.3) is 0 Å². The van der Waals surface area contributed by atoms with E-state index >= 15 is 0 Å². The van der Waals surface area contributed by atoms with Crippen molar-refractivity contribution in [3.05, 3.63) is 6.42 Å². The molecule has 0 aliphatic rings. The lowest BCUT2D eigenvalue weighted by Crippen LogP contribution is -2.13. The number of hydrogen-bond donors (Lipinski definition) is 1. The molecule has 0 aromatic rings. The van der Waals surface area contributed by atoms with Crippen LogP contribution in [0.4, 0.5) is 0 Å². The molecule has 3 heteroatoms. The molecule has 0 aromatic carbocycles. The molecular weight excluding hydrogens is 144 g/mol. The second-order valence-corrected chi connectivity index (χ2v) is 2.25. The highest BCUT2D eigenvalue weighted by atomic mass is 16.5. The molecule has 0 aromatic heterocycles. The van der Waals surface area contributed by atoms with Crippen LogP contribution in [0.2, 0.25) is 0 Å². The van der Waals surface area contributed by atoms with Crippen LogP contribution in [0.15, 0.2) is 0 Å². The molecule has 0 saturated carbocycles. The summed E-state index contributed by atoms with van der Waals surface area (Å²) in [6, 6.07) is 0. The zero-order chi connectivity index (χ0) is 8.53. The maximum Gasteiger partial charge on any atom is 0.0704 e. The lowest BCUT2D eigenvalue weighted by atomic mass is 10.3. The third-order valence-electron chi connectivity index (χ3n) is 1.31. The average molecular weight is 161 g/mol. The Kier molecular flexibility index (Phi) is 7.89. The molecule has 0 aliphatic heterocycles. The van der Waals surface area contributed by atoms with Gasteiger partial charge < -0.3 is 14.6 Å². The monoisotopic (exact) mass is 161 g/mol. The van der Waals surface area contributed by atoms with Crippen molar-refractivity contribution < 1.29 is 14.6 Å². The molecule has 1 atom stereocenters. The van der Waals surface area contributed by atoms with Gasteiger partial charge in [-0.3, -0.25) is 0 Å². The van der Waals surface area contributed by atoms with Gasteiger partial charge in [-0.25, -0.2) is 0 Å². The molecule has 0 bridgehead atoms. The van der Waals surface area contributed by atoms with Crippen LogP contribution < -0.4 is 0 Å². The predicted molar refractivity (Wildman–Crippen MR) is 43.3 cm³/mol. The summed E-state index contributed by atoms with van der Waals surface area (Å²) in [5.41, 5.74) is 0. The summed E-state index contributed by atoms with van der Waals surface area (Å²) in [5.74, 6) is 0. The summed E-state index contributed by atoms with van der Waals surface area (Å²) in [6.07, 6.45) is 2.17. The molecule has 0 saturated heterocycles. The maximum atomic E-state index is 8.35. The summed E-state index contributed by atoms with van der Waals surface area (Å²) >= 11 is 0. The summed E-state index contributed by atoms with van der Waals surface area (Å²) in [4.78, 5) is 0. The Bertz CT molecular complexity index is 75.7. The molecule has 0 spiro atoms. The standard InChI is InChI=1S/C8H17O3/c1-3-8(2)11-7-6-10-5-4-9/h3,8-9H,4-7H2,1-2H3. The zero-order valence-electron chi connectivity index (χ0n) is 7.25. The van der Waals surface area contributed by atoms with E-state index in [-0.39, 0.29) is 12.7 Å². The van der Waals surface area contributed by atoms with Crippen molar-refractivity contribution in [2.45, 2.75) is 20.0 Å². The second-order valence-electron chi connectivity index (χ2n) is 2.25. The van der Waals surface area contributed by atoms with Crippen LogP contribution in [-0.2, 0) is 9.47 Å². The maximum absolute atomic E-state index is 8.35. The second kappa shape index (κ2) is 7.98. The average Bonchev–Trinajstić information content (AvgIpc) is 2.04. The van der Waals surface area contributed by atoms with Gasteiger partial charge in [0.15, 0.2) is 0 Å². The zero-order valence-corrected chi connectivity index (χ0v) is 7.25. The van der Waals surface area contributed by atoms with Crippen LogP contribution >= 0.6 is 0 Å². The number of rotatable bonds is 7. The minimum atomic E-state index is 0.0788. The molecule has 3 nitrogen and oxygen atoms in total. The van der Waals surface area contributed by atoms with Crippen molar-refractivity contribution in [3.8, 4) is 0 Å². The minimum absolute atomic E-state index is 0.0788. The number of hydrogen-bond acceptors (Lipinski definition) is 3. The molecule has 11 heavy (non-hydrogen) atoms. The van der Waals surface area contributed by atoms with Gasteiger partial charge in [-0.15, -0.1) is 0 Å². The first-order valence-corrected chi connectivity index (χ1v) is 3.91. The van der Waals surface area contributed by atoms with E-state index in [0.29, 0.717) is 19.8 Å². The van der Waals surface area contributed by atoms with Gasteiger partial charge in [0.25, 0.3) is 0 Å². The van der Waals surface area contributed by atoms with Crippen molar-refractivity contribution in [2.75, 3.05) is 26.4 Å². The van der Waals surface area contributed by atoms with Crippen molar-refractivity contribution >= 4 is 0 Å². The third kappa shape index (κ3) is 7.78. The number of aliphatic hydroxyl groups excluding tert-OH is 1.